The molecule has 0 saturated carbocycles. The first-order valence-electron chi connectivity index (χ1n) is 9.61. The number of para-hydroxylation sites is 1. The van der Waals surface area contributed by atoms with Crippen LogP contribution in [0.5, 0.6) is 0 Å². The van der Waals surface area contributed by atoms with Crippen molar-refractivity contribution in [2.24, 2.45) is 5.92 Å². The van der Waals surface area contributed by atoms with E-state index in [4.69, 9.17) is 5.10 Å². The topological polar surface area (TPSA) is 67.2 Å². The van der Waals surface area contributed by atoms with Crippen molar-refractivity contribution in [1.29, 1.82) is 0 Å². The quantitative estimate of drug-likeness (QED) is 0.609. The van der Waals surface area contributed by atoms with Crippen molar-refractivity contribution in [3.05, 3.63) is 71.9 Å². The second-order valence-corrected chi connectivity index (χ2v) is 7.55. The SMILES string of the molecule is Cc1ccc(-c2nn(-c3ccccc3)cc2CNC(CC(C)C)C(=O)O)cc1. The average Bonchev–Trinajstić information content (AvgIpc) is 3.10. The molecule has 1 unspecified atom stereocenters. The van der Waals surface area contributed by atoms with E-state index in [0.29, 0.717) is 18.9 Å². The van der Waals surface area contributed by atoms with Crippen LogP contribution in [-0.4, -0.2) is 26.9 Å². The number of hydrogen-bond donors (Lipinski definition) is 2. The third-order valence-corrected chi connectivity index (χ3v) is 4.68. The summed E-state index contributed by atoms with van der Waals surface area (Å²) in [6, 6.07) is 17.6. The number of rotatable bonds is 8. The molecule has 0 aliphatic carbocycles. The molecule has 2 N–H and O–H groups in total. The van der Waals surface area contributed by atoms with Crippen LogP contribution in [0.3, 0.4) is 0 Å². The molecule has 0 bridgehead atoms. The van der Waals surface area contributed by atoms with Gasteiger partial charge >= 0.3 is 5.97 Å². The molecule has 1 aromatic heterocycles. The smallest absolute Gasteiger partial charge is 0.320 e. The maximum atomic E-state index is 11.6. The van der Waals surface area contributed by atoms with Crippen molar-refractivity contribution in [2.75, 3.05) is 0 Å². The van der Waals surface area contributed by atoms with Gasteiger partial charge in [-0.05, 0) is 31.4 Å². The third-order valence-electron chi connectivity index (χ3n) is 4.68. The molecule has 0 fully saturated rings. The summed E-state index contributed by atoms with van der Waals surface area (Å²) in [7, 11) is 0. The Morgan fingerprint density at radius 3 is 2.39 bits per heavy atom. The highest BCUT2D eigenvalue weighted by Gasteiger charge is 2.20. The Kier molecular flexibility index (Phi) is 6.26. The fraction of sp³-hybridized carbons (Fsp3) is 0.304. The molecule has 3 rings (SSSR count). The van der Waals surface area contributed by atoms with Gasteiger partial charge in [0, 0.05) is 23.9 Å². The fourth-order valence-corrected chi connectivity index (χ4v) is 3.18. The predicted molar refractivity (Wildman–Crippen MR) is 111 cm³/mol. The van der Waals surface area contributed by atoms with Gasteiger partial charge in [0.25, 0.3) is 0 Å². The molecule has 0 spiro atoms. The van der Waals surface area contributed by atoms with Crippen LogP contribution in [0.25, 0.3) is 16.9 Å². The normalized spacial score (nSPS) is 12.3. The first-order chi connectivity index (χ1) is 13.4. The van der Waals surface area contributed by atoms with E-state index in [1.165, 1.54) is 5.56 Å². The first-order valence-corrected chi connectivity index (χ1v) is 9.61. The Morgan fingerprint density at radius 1 is 1.11 bits per heavy atom. The Bertz CT molecular complexity index is 915. The van der Waals surface area contributed by atoms with Gasteiger partial charge in [-0.3, -0.25) is 4.79 Å². The highest BCUT2D eigenvalue weighted by Crippen LogP contribution is 2.24. The third kappa shape index (κ3) is 4.87. The minimum absolute atomic E-state index is 0.303. The summed E-state index contributed by atoms with van der Waals surface area (Å²) in [4.78, 5) is 11.6. The lowest BCUT2D eigenvalue weighted by atomic mass is 10.0. The Labute approximate surface area is 166 Å². The van der Waals surface area contributed by atoms with E-state index in [9.17, 15) is 9.90 Å². The minimum Gasteiger partial charge on any atom is -0.480 e. The molecule has 0 aliphatic heterocycles. The molecule has 146 valence electrons. The second kappa shape index (κ2) is 8.85. The second-order valence-electron chi connectivity index (χ2n) is 7.55. The van der Waals surface area contributed by atoms with E-state index >= 15 is 0 Å². The molecule has 0 radical (unpaired) electrons. The maximum Gasteiger partial charge on any atom is 0.320 e. The molecule has 5 nitrogen and oxygen atoms in total. The van der Waals surface area contributed by atoms with Gasteiger partial charge in [0.05, 0.1) is 11.4 Å². The molecule has 0 amide bonds. The molecular formula is C23H27N3O2. The zero-order chi connectivity index (χ0) is 20.1. The minimum atomic E-state index is -0.818. The van der Waals surface area contributed by atoms with Gasteiger partial charge in [0.2, 0.25) is 0 Å². The number of aryl methyl sites for hydroxylation is 1. The standard InChI is InChI=1S/C23H27N3O2/c1-16(2)13-21(23(27)28)24-14-19-15-26(20-7-5-4-6-8-20)25-22(19)18-11-9-17(3)10-12-18/h4-12,15-16,21,24H,13-14H2,1-3H3,(H,27,28). The van der Waals surface area contributed by atoms with Gasteiger partial charge < -0.3 is 10.4 Å². The maximum absolute atomic E-state index is 11.6. The van der Waals surface area contributed by atoms with E-state index in [1.54, 1.807) is 0 Å². The molecule has 5 heteroatoms. The molecular weight excluding hydrogens is 350 g/mol. The van der Waals surface area contributed by atoms with Crippen molar-refractivity contribution in [3.63, 3.8) is 0 Å². The summed E-state index contributed by atoms with van der Waals surface area (Å²) in [5.74, 6) is -0.516. The average molecular weight is 377 g/mol. The van der Waals surface area contributed by atoms with Gasteiger partial charge in [-0.15, -0.1) is 0 Å². The lowest BCUT2D eigenvalue weighted by Gasteiger charge is -2.16. The Hall–Kier alpha value is -2.92. The van der Waals surface area contributed by atoms with Crippen LogP contribution in [0.15, 0.2) is 60.8 Å². The zero-order valence-electron chi connectivity index (χ0n) is 16.6. The zero-order valence-corrected chi connectivity index (χ0v) is 16.6. The summed E-state index contributed by atoms with van der Waals surface area (Å²) in [6.45, 7) is 6.56. The number of aliphatic carboxylic acids is 1. The predicted octanol–water partition coefficient (Wildman–Crippen LogP) is 4.44. The lowest BCUT2D eigenvalue weighted by Crippen LogP contribution is -2.37. The Balaban J connectivity index is 1.92. The number of carboxylic acid groups (broad SMARTS) is 1. The molecule has 3 aromatic rings. The summed E-state index contributed by atoms with van der Waals surface area (Å²) in [6.07, 6.45) is 2.56. The molecule has 0 aliphatic rings. The highest BCUT2D eigenvalue weighted by atomic mass is 16.4. The van der Waals surface area contributed by atoms with Crippen molar-refractivity contribution >= 4 is 5.97 Å². The summed E-state index contributed by atoms with van der Waals surface area (Å²) in [5.41, 5.74) is 5.02. The molecule has 1 atom stereocenters. The van der Waals surface area contributed by atoms with Crippen molar-refractivity contribution < 1.29 is 9.90 Å². The summed E-state index contributed by atoms with van der Waals surface area (Å²) in [5, 5.41) is 17.5. The number of carboxylic acids is 1. The van der Waals surface area contributed by atoms with Crippen LogP contribution in [0, 0.1) is 12.8 Å². The van der Waals surface area contributed by atoms with Gasteiger partial charge in [-0.1, -0.05) is 61.9 Å². The first kappa shape index (κ1) is 19.8. The monoisotopic (exact) mass is 377 g/mol. The molecule has 2 aromatic carbocycles. The van der Waals surface area contributed by atoms with Gasteiger partial charge in [0.1, 0.15) is 6.04 Å². The number of nitrogens with one attached hydrogen (secondary N) is 1. The number of aromatic nitrogens is 2. The molecule has 1 heterocycles. The van der Waals surface area contributed by atoms with Crippen molar-refractivity contribution in [1.82, 2.24) is 15.1 Å². The van der Waals surface area contributed by atoms with Gasteiger partial charge in [-0.25, -0.2) is 4.68 Å². The molecule has 0 saturated heterocycles. The van der Waals surface area contributed by atoms with Crippen LogP contribution in [0.1, 0.15) is 31.4 Å². The largest absolute Gasteiger partial charge is 0.480 e. The summed E-state index contributed by atoms with van der Waals surface area (Å²) >= 11 is 0. The van der Waals surface area contributed by atoms with E-state index in [-0.39, 0.29) is 0 Å². The van der Waals surface area contributed by atoms with Crippen molar-refractivity contribution in [2.45, 2.75) is 39.8 Å². The lowest BCUT2D eigenvalue weighted by molar-refractivity contribution is -0.140. The number of benzene rings is 2. The van der Waals surface area contributed by atoms with E-state index in [0.717, 1.165) is 22.5 Å². The van der Waals surface area contributed by atoms with Crippen LogP contribution in [0.4, 0.5) is 0 Å². The van der Waals surface area contributed by atoms with Crippen LogP contribution in [0.2, 0.25) is 0 Å². The van der Waals surface area contributed by atoms with Crippen LogP contribution < -0.4 is 5.32 Å². The fourth-order valence-electron chi connectivity index (χ4n) is 3.18. The summed E-state index contributed by atoms with van der Waals surface area (Å²) < 4.78 is 1.85. The van der Waals surface area contributed by atoms with Crippen LogP contribution >= 0.6 is 0 Å². The van der Waals surface area contributed by atoms with E-state index < -0.39 is 12.0 Å². The van der Waals surface area contributed by atoms with Gasteiger partial charge in [-0.2, -0.15) is 5.10 Å². The molecule has 28 heavy (non-hydrogen) atoms. The number of nitrogens with zero attached hydrogens (tertiary/aromatic N) is 2. The Morgan fingerprint density at radius 2 is 1.79 bits per heavy atom. The van der Waals surface area contributed by atoms with E-state index in [2.05, 4.69) is 36.5 Å². The number of hydrogen-bond acceptors (Lipinski definition) is 3. The highest BCUT2D eigenvalue weighted by molar-refractivity contribution is 5.73. The number of carbonyl (C=O) groups is 1. The van der Waals surface area contributed by atoms with E-state index in [1.807, 2.05) is 55.1 Å². The van der Waals surface area contributed by atoms with Crippen molar-refractivity contribution in [3.8, 4) is 16.9 Å². The van der Waals surface area contributed by atoms with Crippen LogP contribution in [-0.2, 0) is 11.3 Å². The van der Waals surface area contributed by atoms with Gasteiger partial charge in [0.15, 0.2) is 0 Å².